The summed E-state index contributed by atoms with van der Waals surface area (Å²) in [5.74, 6) is 0. The smallest absolute Gasteiger partial charge is 0.0474 e. The molecule has 0 spiro atoms. The summed E-state index contributed by atoms with van der Waals surface area (Å²) in [5.41, 5.74) is 2.97. The Balaban J connectivity index is 2.37. The number of rotatable bonds is 1. The highest BCUT2D eigenvalue weighted by molar-refractivity contribution is 5.02. The molecule has 1 rings (SSSR count). The van der Waals surface area contributed by atoms with Crippen molar-refractivity contribution in [3.8, 4) is 0 Å². The fourth-order valence-corrected chi connectivity index (χ4v) is 0.729. The van der Waals surface area contributed by atoms with Crippen LogP contribution < -0.4 is 10.8 Å². The first-order chi connectivity index (χ1) is 3.93. The Morgan fingerprint density at radius 3 is 3.00 bits per heavy atom. The molecular formula is C5H10N2O. The molecule has 3 heteroatoms. The molecule has 0 bridgehead atoms. The van der Waals surface area contributed by atoms with E-state index < -0.39 is 0 Å². The molecule has 0 aromatic rings. The molecule has 8 heavy (non-hydrogen) atoms. The summed E-state index contributed by atoms with van der Waals surface area (Å²) < 4.78 is 0. The van der Waals surface area contributed by atoms with Gasteiger partial charge in [0, 0.05) is 12.2 Å². The van der Waals surface area contributed by atoms with Crippen molar-refractivity contribution in [3.63, 3.8) is 0 Å². The number of hydrogen-bond acceptors (Lipinski definition) is 3. The van der Waals surface area contributed by atoms with E-state index in [0.717, 1.165) is 25.2 Å². The van der Waals surface area contributed by atoms with Crippen LogP contribution in [0.25, 0.3) is 0 Å². The topological polar surface area (TPSA) is 44.3 Å². The van der Waals surface area contributed by atoms with E-state index in [4.69, 9.17) is 5.21 Å². The van der Waals surface area contributed by atoms with Crippen molar-refractivity contribution >= 4 is 0 Å². The van der Waals surface area contributed by atoms with Gasteiger partial charge in [0.2, 0.25) is 0 Å². The Labute approximate surface area is 48.4 Å². The quantitative estimate of drug-likeness (QED) is 0.415. The maximum atomic E-state index is 8.33. The second-order valence-corrected chi connectivity index (χ2v) is 1.81. The van der Waals surface area contributed by atoms with Crippen molar-refractivity contribution in [3.05, 3.63) is 11.8 Å². The standard InChI is InChI=1S/C5H10N2O/c8-7-5-2-1-3-6-4-5/h2,6-8H,1,3-4H2. The summed E-state index contributed by atoms with van der Waals surface area (Å²) in [6, 6.07) is 0. The fourth-order valence-electron chi connectivity index (χ4n) is 0.729. The van der Waals surface area contributed by atoms with Crippen molar-refractivity contribution in [1.82, 2.24) is 10.8 Å². The van der Waals surface area contributed by atoms with Crippen LogP contribution in [0.3, 0.4) is 0 Å². The third-order valence-corrected chi connectivity index (χ3v) is 1.17. The Kier molecular flexibility index (Phi) is 1.88. The third-order valence-electron chi connectivity index (χ3n) is 1.17. The second kappa shape index (κ2) is 2.69. The maximum Gasteiger partial charge on any atom is 0.0474 e. The lowest BCUT2D eigenvalue weighted by atomic mass is 10.2. The zero-order valence-electron chi connectivity index (χ0n) is 4.65. The van der Waals surface area contributed by atoms with Gasteiger partial charge in [-0.05, 0) is 13.0 Å². The summed E-state index contributed by atoms with van der Waals surface area (Å²) in [4.78, 5) is 0. The average Bonchev–Trinajstić information content (AvgIpc) is 1.90. The third kappa shape index (κ3) is 1.21. The molecule has 1 heterocycles. The van der Waals surface area contributed by atoms with E-state index in [-0.39, 0.29) is 0 Å². The molecular weight excluding hydrogens is 104 g/mol. The van der Waals surface area contributed by atoms with Crippen LogP contribution in [0.2, 0.25) is 0 Å². The van der Waals surface area contributed by atoms with Gasteiger partial charge in [0.1, 0.15) is 0 Å². The second-order valence-electron chi connectivity index (χ2n) is 1.81. The number of hydroxylamine groups is 1. The van der Waals surface area contributed by atoms with E-state index in [1.165, 1.54) is 0 Å². The van der Waals surface area contributed by atoms with Gasteiger partial charge in [-0.1, -0.05) is 6.08 Å². The number of hydrogen-bond donors (Lipinski definition) is 3. The summed E-state index contributed by atoms with van der Waals surface area (Å²) >= 11 is 0. The monoisotopic (exact) mass is 114 g/mol. The lowest BCUT2D eigenvalue weighted by molar-refractivity contribution is 0.195. The Hall–Kier alpha value is -0.540. The molecule has 3 N–H and O–H groups in total. The van der Waals surface area contributed by atoms with Crippen molar-refractivity contribution < 1.29 is 5.21 Å². The van der Waals surface area contributed by atoms with Crippen LogP contribution in [0, 0.1) is 0 Å². The average molecular weight is 114 g/mol. The molecule has 0 aliphatic carbocycles. The molecule has 0 unspecified atom stereocenters. The van der Waals surface area contributed by atoms with Crippen molar-refractivity contribution in [2.75, 3.05) is 13.1 Å². The number of nitrogens with one attached hydrogen (secondary N) is 2. The lowest BCUT2D eigenvalue weighted by Gasteiger charge is -2.11. The van der Waals surface area contributed by atoms with Crippen LogP contribution in [-0.4, -0.2) is 18.3 Å². The highest BCUT2D eigenvalue weighted by atomic mass is 16.5. The minimum atomic E-state index is 0.760. The van der Waals surface area contributed by atoms with Crippen LogP contribution in [0.1, 0.15) is 6.42 Å². The molecule has 0 aromatic carbocycles. The van der Waals surface area contributed by atoms with Gasteiger partial charge in [-0.3, -0.25) is 10.7 Å². The van der Waals surface area contributed by atoms with Gasteiger partial charge < -0.3 is 5.32 Å². The van der Waals surface area contributed by atoms with E-state index in [0.29, 0.717) is 0 Å². The molecule has 0 saturated heterocycles. The first kappa shape index (κ1) is 5.59. The summed E-state index contributed by atoms with van der Waals surface area (Å²) in [5, 5.41) is 11.4. The van der Waals surface area contributed by atoms with Gasteiger partial charge in [-0.25, -0.2) is 0 Å². The van der Waals surface area contributed by atoms with Gasteiger partial charge in [-0.15, -0.1) is 0 Å². The molecule has 1 aliphatic heterocycles. The minimum Gasteiger partial charge on any atom is -0.311 e. The van der Waals surface area contributed by atoms with E-state index in [2.05, 4.69) is 10.8 Å². The Bertz CT molecular complexity index is 101. The Morgan fingerprint density at radius 1 is 1.75 bits per heavy atom. The van der Waals surface area contributed by atoms with Gasteiger partial charge in [-0.2, -0.15) is 0 Å². The van der Waals surface area contributed by atoms with Crippen LogP contribution >= 0.6 is 0 Å². The van der Waals surface area contributed by atoms with Crippen LogP contribution in [-0.2, 0) is 0 Å². The molecule has 0 atom stereocenters. The van der Waals surface area contributed by atoms with Gasteiger partial charge in [0.25, 0.3) is 0 Å². The molecule has 0 amide bonds. The summed E-state index contributed by atoms with van der Waals surface area (Å²) in [6.07, 6.45) is 2.99. The summed E-state index contributed by atoms with van der Waals surface area (Å²) in [7, 11) is 0. The zero-order chi connectivity index (χ0) is 5.82. The fraction of sp³-hybridized carbons (Fsp3) is 0.600. The lowest BCUT2D eigenvalue weighted by Crippen LogP contribution is -2.27. The first-order valence-corrected chi connectivity index (χ1v) is 2.73. The Morgan fingerprint density at radius 2 is 2.62 bits per heavy atom. The molecule has 3 nitrogen and oxygen atoms in total. The molecule has 46 valence electrons. The van der Waals surface area contributed by atoms with Crippen LogP contribution in [0.4, 0.5) is 0 Å². The van der Waals surface area contributed by atoms with Crippen LogP contribution in [0.5, 0.6) is 0 Å². The van der Waals surface area contributed by atoms with E-state index >= 15 is 0 Å². The van der Waals surface area contributed by atoms with Gasteiger partial charge in [0.15, 0.2) is 0 Å². The van der Waals surface area contributed by atoms with E-state index in [1.54, 1.807) is 0 Å². The predicted octanol–water partition coefficient (Wildman–Crippen LogP) is -0.158. The highest BCUT2D eigenvalue weighted by Crippen LogP contribution is 1.94. The van der Waals surface area contributed by atoms with E-state index in [1.807, 2.05) is 6.08 Å². The van der Waals surface area contributed by atoms with Gasteiger partial charge in [0.05, 0.1) is 0 Å². The molecule has 1 aliphatic rings. The van der Waals surface area contributed by atoms with Gasteiger partial charge >= 0.3 is 0 Å². The zero-order valence-corrected chi connectivity index (χ0v) is 4.65. The van der Waals surface area contributed by atoms with Crippen molar-refractivity contribution in [1.29, 1.82) is 0 Å². The maximum absolute atomic E-state index is 8.33. The molecule has 0 fully saturated rings. The normalized spacial score (nSPS) is 19.9. The van der Waals surface area contributed by atoms with E-state index in [9.17, 15) is 0 Å². The SMILES string of the molecule is ONC1=CCCNC1. The van der Waals surface area contributed by atoms with Crippen molar-refractivity contribution in [2.45, 2.75) is 6.42 Å². The predicted molar refractivity (Wildman–Crippen MR) is 30.5 cm³/mol. The van der Waals surface area contributed by atoms with Crippen molar-refractivity contribution in [2.24, 2.45) is 0 Å². The highest BCUT2D eigenvalue weighted by Gasteiger charge is 1.98. The molecule has 0 radical (unpaired) electrons. The van der Waals surface area contributed by atoms with Crippen LogP contribution in [0.15, 0.2) is 11.8 Å². The largest absolute Gasteiger partial charge is 0.311 e. The molecule has 0 saturated carbocycles. The summed E-state index contributed by atoms with van der Waals surface area (Å²) in [6.45, 7) is 1.78. The molecule has 0 aromatic heterocycles. The first-order valence-electron chi connectivity index (χ1n) is 2.73. The minimum absolute atomic E-state index is 0.760.